The lowest BCUT2D eigenvalue weighted by Gasteiger charge is -2.23. The predicted molar refractivity (Wildman–Crippen MR) is 81.4 cm³/mol. The monoisotopic (exact) mass is 310 g/mol. The molecule has 1 aliphatic rings. The van der Waals surface area contributed by atoms with Crippen LogP contribution in [0.15, 0.2) is 22.7 Å². The third kappa shape index (κ3) is 3.99. The van der Waals surface area contributed by atoms with Gasteiger partial charge in [0.25, 0.3) is 0 Å². The lowest BCUT2D eigenvalue weighted by molar-refractivity contribution is 0.240. The maximum absolute atomic E-state index is 6.09. The van der Waals surface area contributed by atoms with E-state index in [0.717, 1.165) is 28.7 Å². The summed E-state index contributed by atoms with van der Waals surface area (Å²) in [6, 6.07) is 7.03. The summed E-state index contributed by atoms with van der Waals surface area (Å²) in [6.07, 6.45) is 3.98. The van der Waals surface area contributed by atoms with Crippen LogP contribution in [0.5, 0.6) is 0 Å². The molecule has 1 saturated carbocycles. The van der Waals surface area contributed by atoms with Crippen molar-refractivity contribution < 1.29 is 0 Å². The number of nitrogens with zero attached hydrogens (tertiary/aromatic N) is 1. The summed E-state index contributed by atoms with van der Waals surface area (Å²) in [5, 5.41) is 0. The van der Waals surface area contributed by atoms with Crippen molar-refractivity contribution in [2.45, 2.75) is 45.7 Å². The third-order valence-electron chi connectivity index (χ3n) is 3.54. The molecular weight excluding hydrogens is 288 g/mol. The summed E-state index contributed by atoms with van der Waals surface area (Å²) >= 11 is 3.46. The van der Waals surface area contributed by atoms with E-state index in [1.165, 1.54) is 31.4 Å². The minimum Gasteiger partial charge on any atom is -0.398 e. The Kier molecular flexibility index (Phi) is 4.68. The number of rotatable bonds is 6. The number of nitrogen functional groups attached to an aromatic ring is 1. The summed E-state index contributed by atoms with van der Waals surface area (Å²) in [5.74, 6) is 0.772. The molecule has 1 fully saturated rings. The van der Waals surface area contributed by atoms with Crippen LogP contribution in [0.2, 0.25) is 0 Å². The molecule has 1 aromatic rings. The van der Waals surface area contributed by atoms with Crippen LogP contribution in [-0.4, -0.2) is 17.5 Å². The van der Waals surface area contributed by atoms with E-state index in [0.29, 0.717) is 0 Å². The second-order valence-electron chi connectivity index (χ2n) is 5.73. The highest BCUT2D eigenvalue weighted by Crippen LogP contribution is 2.30. The van der Waals surface area contributed by atoms with Gasteiger partial charge in [-0.25, -0.2) is 0 Å². The molecule has 0 aliphatic heterocycles. The van der Waals surface area contributed by atoms with Crippen LogP contribution >= 0.6 is 15.9 Å². The van der Waals surface area contributed by atoms with Crippen LogP contribution < -0.4 is 5.73 Å². The zero-order chi connectivity index (χ0) is 13.1. The van der Waals surface area contributed by atoms with Crippen LogP contribution in [0.1, 0.15) is 38.7 Å². The van der Waals surface area contributed by atoms with Crippen molar-refractivity contribution in [3.05, 3.63) is 28.2 Å². The van der Waals surface area contributed by atoms with Gasteiger partial charge in [0, 0.05) is 22.7 Å². The molecule has 0 spiro atoms. The average molecular weight is 311 g/mol. The molecule has 0 atom stereocenters. The van der Waals surface area contributed by atoms with Crippen molar-refractivity contribution in [3.8, 4) is 0 Å². The minimum absolute atomic E-state index is 0.772. The van der Waals surface area contributed by atoms with Gasteiger partial charge in [0.1, 0.15) is 0 Å². The van der Waals surface area contributed by atoms with Gasteiger partial charge >= 0.3 is 0 Å². The molecule has 0 unspecified atom stereocenters. The fraction of sp³-hybridized carbons (Fsp3) is 0.600. The van der Waals surface area contributed by atoms with E-state index < -0.39 is 0 Å². The molecule has 0 amide bonds. The SMILES string of the molecule is CC(C)CCN(Cc1ccc(Br)cc1N)C1CC1. The minimum atomic E-state index is 0.772. The van der Waals surface area contributed by atoms with E-state index in [1.807, 2.05) is 6.07 Å². The summed E-state index contributed by atoms with van der Waals surface area (Å²) in [7, 11) is 0. The molecule has 1 aromatic carbocycles. The molecule has 100 valence electrons. The highest BCUT2D eigenvalue weighted by molar-refractivity contribution is 9.10. The zero-order valence-electron chi connectivity index (χ0n) is 11.3. The molecule has 18 heavy (non-hydrogen) atoms. The van der Waals surface area contributed by atoms with E-state index in [2.05, 4.69) is 46.8 Å². The second kappa shape index (κ2) is 6.07. The first-order valence-electron chi connectivity index (χ1n) is 6.84. The molecule has 1 aliphatic carbocycles. The Morgan fingerprint density at radius 3 is 2.67 bits per heavy atom. The molecular formula is C15H23BrN2. The van der Waals surface area contributed by atoms with Crippen LogP contribution in [0.25, 0.3) is 0 Å². The highest BCUT2D eigenvalue weighted by atomic mass is 79.9. The maximum atomic E-state index is 6.09. The largest absolute Gasteiger partial charge is 0.398 e. The molecule has 0 bridgehead atoms. The first-order chi connectivity index (χ1) is 8.56. The fourth-order valence-electron chi connectivity index (χ4n) is 2.18. The highest BCUT2D eigenvalue weighted by Gasteiger charge is 2.28. The van der Waals surface area contributed by atoms with E-state index in [9.17, 15) is 0 Å². The van der Waals surface area contributed by atoms with Gasteiger partial charge in [-0.15, -0.1) is 0 Å². The smallest absolute Gasteiger partial charge is 0.0371 e. The molecule has 0 aromatic heterocycles. The number of nitrogens with two attached hydrogens (primary N) is 1. The van der Waals surface area contributed by atoms with Crippen molar-refractivity contribution in [1.82, 2.24) is 4.90 Å². The Bertz CT molecular complexity index is 399. The topological polar surface area (TPSA) is 29.3 Å². The Morgan fingerprint density at radius 2 is 2.11 bits per heavy atom. The van der Waals surface area contributed by atoms with Gasteiger partial charge in [-0.1, -0.05) is 35.8 Å². The number of benzene rings is 1. The number of halogens is 1. The van der Waals surface area contributed by atoms with Crippen LogP contribution in [0.3, 0.4) is 0 Å². The summed E-state index contributed by atoms with van der Waals surface area (Å²) in [6.45, 7) is 6.77. The van der Waals surface area contributed by atoms with Gasteiger partial charge < -0.3 is 5.73 Å². The zero-order valence-corrected chi connectivity index (χ0v) is 12.9. The first-order valence-corrected chi connectivity index (χ1v) is 7.63. The van der Waals surface area contributed by atoms with Crippen LogP contribution in [0.4, 0.5) is 5.69 Å². The Balaban J connectivity index is 1.99. The fourth-order valence-corrected chi connectivity index (χ4v) is 2.56. The lowest BCUT2D eigenvalue weighted by atomic mass is 10.1. The quantitative estimate of drug-likeness (QED) is 0.803. The van der Waals surface area contributed by atoms with Crippen molar-refractivity contribution in [1.29, 1.82) is 0 Å². The van der Waals surface area contributed by atoms with E-state index in [1.54, 1.807) is 0 Å². The average Bonchev–Trinajstić information content (AvgIpc) is 3.10. The van der Waals surface area contributed by atoms with Gasteiger partial charge in [-0.3, -0.25) is 4.90 Å². The molecule has 0 heterocycles. The molecule has 2 nitrogen and oxygen atoms in total. The van der Waals surface area contributed by atoms with Crippen LogP contribution in [-0.2, 0) is 6.54 Å². The summed E-state index contributed by atoms with van der Waals surface area (Å²) in [5.41, 5.74) is 8.25. The Morgan fingerprint density at radius 1 is 1.39 bits per heavy atom. The molecule has 0 radical (unpaired) electrons. The normalized spacial score (nSPS) is 15.6. The van der Waals surface area contributed by atoms with Crippen molar-refractivity contribution in [2.24, 2.45) is 5.92 Å². The summed E-state index contributed by atoms with van der Waals surface area (Å²) in [4.78, 5) is 2.60. The van der Waals surface area contributed by atoms with E-state index in [4.69, 9.17) is 5.73 Å². The van der Waals surface area contributed by atoms with Crippen molar-refractivity contribution in [2.75, 3.05) is 12.3 Å². The molecule has 2 N–H and O–H groups in total. The van der Waals surface area contributed by atoms with Crippen molar-refractivity contribution in [3.63, 3.8) is 0 Å². The van der Waals surface area contributed by atoms with Gasteiger partial charge in [0.15, 0.2) is 0 Å². The first kappa shape index (κ1) is 13.9. The summed E-state index contributed by atoms with van der Waals surface area (Å²) < 4.78 is 1.06. The Labute approximate surface area is 119 Å². The predicted octanol–water partition coefficient (Wildman–Crippen LogP) is 4.04. The maximum Gasteiger partial charge on any atom is 0.0371 e. The molecule has 0 saturated heterocycles. The molecule has 2 rings (SSSR count). The van der Waals surface area contributed by atoms with Crippen LogP contribution in [0, 0.1) is 5.92 Å². The standard InChI is InChI=1S/C15H23BrN2/c1-11(2)7-8-18(14-5-6-14)10-12-3-4-13(16)9-15(12)17/h3-4,9,11,14H,5-8,10,17H2,1-2H3. The van der Waals surface area contributed by atoms with Gasteiger partial charge in [-0.2, -0.15) is 0 Å². The second-order valence-corrected chi connectivity index (χ2v) is 6.64. The van der Waals surface area contributed by atoms with Gasteiger partial charge in [0.05, 0.1) is 0 Å². The van der Waals surface area contributed by atoms with E-state index in [-0.39, 0.29) is 0 Å². The lowest BCUT2D eigenvalue weighted by Crippen LogP contribution is -2.28. The molecule has 3 heteroatoms. The Hall–Kier alpha value is -0.540. The van der Waals surface area contributed by atoms with E-state index >= 15 is 0 Å². The third-order valence-corrected chi connectivity index (χ3v) is 4.03. The number of anilines is 1. The van der Waals surface area contributed by atoms with Crippen molar-refractivity contribution >= 4 is 21.6 Å². The number of hydrogen-bond donors (Lipinski definition) is 1. The van der Waals surface area contributed by atoms with Gasteiger partial charge in [0.2, 0.25) is 0 Å². The number of hydrogen-bond acceptors (Lipinski definition) is 2. The van der Waals surface area contributed by atoms with Gasteiger partial charge in [-0.05, 0) is 49.4 Å².